The highest BCUT2D eigenvalue weighted by Crippen LogP contribution is 2.48. The minimum Gasteiger partial charge on any atom is -0.479 e. The number of carbonyl (C=O) groups excluding carboxylic acids is 1. The van der Waals surface area contributed by atoms with Gasteiger partial charge in [0.15, 0.2) is 17.4 Å². The molecule has 2 aliphatic rings. The lowest BCUT2D eigenvalue weighted by Gasteiger charge is -2.29. The molecule has 2 saturated heterocycles. The lowest BCUT2D eigenvalue weighted by Crippen LogP contribution is -2.42. The van der Waals surface area contributed by atoms with Gasteiger partial charge in [0.25, 0.3) is 0 Å². The molecule has 240 valence electrons. The van der Waals surface area contributed by atoms with Gasteiger partial charge in [0, 0.05) is 17.5 Å². The number of ether oxygens (including phenoxy) is 2. The molecule has 17 heteroatoms. The number of carbonyl (C=O) groups is 1. The highest BCUT2D eigenvalue weighted by Gasteiger charge is 2.64. The molecule has 2 fully saturated rings. The van der Waals surface area contributed by atoms with E-state index in [0.717, 1.165) is 11.0 Å². The van der Waals surface area contributed by atoms with Crippen LogP contribution in [0.15, 0.2) is 60.9 Å². The molecule has 1 unspecified atom stereocenters. The molecule has 0 radical (unpaired) electrons. The smallest absolute Gasteiger partial charge is 0.479 e. The second kappa shape index (κ2) is 13.8. The third-order valence-electron chi connectivity index (χ3n) is 7.74. The van der Waals surface area contributed by atoms with Crippen molar-refractivity contribution in [2.24, 2.45) is 0 Å². The molecule has 2 aromatic carbocycles. The number of anilines is 1. The van der Waals surface area contributed by atoms with Crippen LogP contribution in [-0.4, -0.2) is 70.7 Å². The van der Waals surface area contributed by atoms with Crippen LogP contribution in [0.25, 0.3) is 11.2 Å². The Bertz CT molecular complexity index is 1700. The fraction of sp³-hybridized carbons (Fsp3) is 0.379. The largest absolute Gasteiger partial charge is 0.697 e. The number of imidazole rings is 1. The Morgan fingerprint density at radius 3 is 2.72 bits per heavy atom. The number of rotatable bonds is 13. The number of nitrogen functional groups attached to an aromatic ring is 1. The Morgan fingerprint density at radius 2 is 1.96 bits per heavy atom. The quantitative estimate of drug-likeness (QED) is 0.123. The van der Waals surface area contributed by atoms with E-state index < -0.39 is 39.4 Å². The van der Waals surface area contributed by atoms with Gasteiger partial charge in [-0.25, -0.2) is 9.37 Å². The zero-order valence-electron chi connectivity index (χ0n) is 25.1. The number of nitrogens with two attached hydrogens (primary N) is 1. The average Bonchev–Trinajstić information content (AvgIpc) is 3.71. The lowest BCUT2D eigenvalue weighted by molar-refractivity contribution is -0.121. The Balaban J connectivity index is 1.08. The average molecular weight is 653 g/mol. The van der Waals surface area contributed by atoms with E-state index in [1.54, 1.807) is 16.7 Å². The minimum atomic E-state index is -2.53. The molecule has 46 heavy (non-hydrogen) atoms. The van der Waals surface area contributed by atoms with Crippen molar-refractivity contribution in [3.8, 4) is 5.88 Å². The second-order valence-electron chi connectivity index (χ2n) is 10.9. The molecule has 5 atom stereocenters. The Kier molecular flexibility index (Phi) is 9.54. The number of hydrogen-bond donors (Lipinski definition) is 2. The van der Waals surface area contributed by atoms with Crippen molar-refractivity contribution in [3.63, 3.8) is 0 Å². The molecule has 3 N–H and O–H groups in total. The summed E-state index contributed by atoms with van der Waals surface area (Å²) in [7, 11) is -1.77. The van der Waals surface area contributed by atoms with Crippen LogP contribution < -0.4 is 21.3 Å². The third-order valence-corrected chi connectivity index (χ3v) is 8.50. The zero-order valence-corrected chi connectivity index (χ0v) is 26.0. The van der Waals surface area contributed by atoms with Crippen molar-refractivity contribution in [2.75, 3.05) is 26.1 Å². The van der Waals surface area contributed by atoms with Crippen LogP contribution in [0.2, 0.25) is 0 Å². The van der Waals surface area contributed by atoms with Gasteiger partial charge in [-0.2, -0.15) is 9.97 Å². The standard InChI is InChI=1S/C29H31BFN6O8P/c1-29-24(44-30(45-29)19-7-4-3-5-8-19)21(43-27(29)37-17-34-23-25(37)35-28(32)36-26(23)40-2)16-42-46(39)41-14-6-9-22(38)33-15-18-10-12-20(31)13-11-18/h3-5,7-8,10-13,17,21,24,27H,6,9,14-16H2,1-2H3,(H2-,32,33,35,36,38)/p+1/t21-,24-,27-,29-/m1/s1. The van der Waals surface area contributed by atoms with Gasteiger partial charge in [-0.15, -0.1) is 9.05 Å². The van der Waals surface area contributed by atoms with Crippen LogP contribution in [0.4, 0.5) is 10.3 Å². The molecule has 14 nitrogen and oxygen atoms in total. The first-order valence-electron chi connectivity index (χ1n) is 14.6. The first-order chi connectivity index (χ1) is 22.2. The first-order valence-corrected chi connectivity index (χ1v) is 15.7. The zero-order chi connectivity index (χ0) is 32.3. The number of hydrogen-bond acceptors (Lipinski definition) is 12. The van der Waals surface area contributed by atoms with Gasteiger partial charge in [-0.3, -0.25) is 9.36 Å². The van der Waals surface area contributed by atoms with Gasteiger partial charge < -0.3 is 29.8 Å². The number of fused-ring (bicyclic) bond motifs is 2. The Hall–Kier alpha value is -4.05. The summed E-state index contributed by atoms with van der Waals surface area (Å²) in [6, 6.07) is 15.3. The summed E-state index contributed by atoms with van der Waals surface area (Å²) in [4.78, 5) is 25.0. The second-order valence-corrected chi connectivity index (χ2v) is 11.9. The number of halogens is 1. The van der Waals surface area contributed by atoms with E-state index in [-0.39, 0.29) is 49.7 Å². The van der Waals surface area contributed by atoms with Gasteiger partial charge >= 0.3 is 15.4 Å². The highest BCUT2D eigenvalue weighted by molar-refractivity contribution is 7.33. The molecule has 2 aromatic heterocycles. The lowest BCUT2D eigenvalue weighted by atomic mass is 9.79. The Morgan fingerprint density at radius 1 is 1.17 bits per heavy atom. The number of amides is 1. The fourth-order valence-corrected chi connectivity index (χ4v) is 6.12. The Labute approximate surface area is 264 Å². The monoisotopic (exact) mass is 653 g/mol. The molecule has 4 aromatic rings. The number of nitrogens with zero attached hydrogens (tertiary/aromatic N) is 4. The number of methoxy groups -OCH3 is 1. The first kappa shape index (κ1) is 31.9. The van der Waals surface area contributed by atoms with Gasteiger partial charge in [0.2, 0.25) is 17.7 Å². The van der Waals surface area contributed by atoms with Crippen molar-refractivity contribution in [2.45, 2.75) is 50.3 Å². The predicted molar refractivity (Wildman–Crippen MR) is 163 cm³/mol. The molecule has 4 heterocycles. The van der Waals surface area contributed by atoms with E-state index >= 15 is 0 Å². The molecule has 1 amide bonds. The summed E-state index contributed by atoms with van der Waals surface area (Å²) >= 11 is 0. The third kappa shape index (κ3) is 6.72. The molecule has 0 bridgehead atoms. The van der Waals surface area contributed by atoms with E-state index in [4.69, 9.17) is 33.6 Å². The summed E-state index contributed by atoms with van der Waals surface area (Å²) < 4.78 is 62.9. The van der Waals surface area contributed by atoms with Crippen molar-refractivity contribution >= 4 is 43.9 Å². The van der Waals surface area contributed by atoms with E-state index in [1.165, 1.54) is 25.6 Å². The van der Waals surface area contributed by atoms with Gasteiger partial charge in [-0.05, 0) is 36.5 Å². The van der Waals surface area contributed by atoms with Crippen LogP contribution >= 0.6 is 8.25 Å². The van der Waals surface area contributed by atoms with Crippen molar-refractivity contribution < 1.29 is 41.6 Å². The number of aromatic nitrogens is 4. The SMILES string of the molecule is COc1nc(N)nc2c1ncn2[C@@H]1O[C@H](CO[P+](=O)OCCCC(=O)NCc2ccc(F)cc2)[C@H]2OB(c3ccccc3)O[C@]21C. The number of nitrogens with one attached hydrogen (secondary N) is 1. The predicted octanol–water partition coefficient (Wildman–Crippen LogP) is 2.81. The normalized spacial score (nSPS) is 22.6. The van der Waals surface area contributed by atoms with Crippen LogP contribution in [0.1, 0.15) is 31.6 Å². The topological polar surface area (TPSA) is 171 Å². The van der Waals surface area contributed by atoms with Crippen molar-refractivity contribution in [3.05, 3.63) is 72.3 Å². The van der Waals surface area contributed by atoms with E-state index in [9.17, 15) is 13.8 Å². The summed E-state index contributed by atoms with van der Waals surface area (Å²) in [5.74, 6) is -0.343. The summed E-state index contributed by atoms with van der Waals surface area (Å²) in [6.07, 6.45) is -0.147. The summed E-state index contributed by atoms with van der Waals surface area (Å²) in [6.45, 7) is 2.03. The molecular formula is C29H32BFN6O8P+. The maximum Gasteiger partial charge on any atom is 0.697 e. The van der Waals surface area contributed by atoms with Crippen LogP contribution in [0.5, 0.6) is 5.88 Å². The van der Waals surface area contributed by atoms with Gasteiger partial charge in [0.05, 0.1) is 13.4 Å². The maximum absolute atomic E-state index is 13.0. The summed E-state index contributed by atoms with van der Waals surface area (Å²) in [5, 5.41) is 2.75. The molecule has 6 rings (SSSR count). The van der Waals surface area contributed by atoms with Crippen LogP contribution in [0.3, 0.4) is 0 Å². The molecule has 2 aliphatic heterocycles. The van der Waals surface area contributed by atoms with Crippen LogP contribution in [0, 0.1) is 5.82 Å². The fourth-order valence-electron chi connectivity index (χ4n) is 5.50. The van der Waals surface area contributed by atoms with E-state index in [2.05, 4.69) is 20.3 Å². The van der Waals surface area contributed by atoms with Gasteiger partial charge in [0.1, 0.15) is 36.8 Å². The summed E-state index contributed by atoms with van der Waals surface area (Å²) in [5.41, 5.74) is 7.25. The van der Waals surface area contributed by atoms with E-state index in [0.29, 0.717) is 17.6 Å². The molecule has 0 spiro atoms. The molecule has 0 aliphatic carbocycles. The number of benzene rings is 2. The molecular weight excluding hydrogens is 621 g/mol. The van der Waals surface area contributed by atoms with Crippen molar-refractivity contribution in [1.29, 1.82) is 0 Å². The van der Waals surface area contributed by atoms with Crippen LogP contribution in [-0.2, 0) is 39.0 Å². The van der Waals surface area contributed by atoms with E-state index in [1.807, 2.05) is 37.3 Å². The maximum atomic E-state index is 13.0. The highest BCUT2D eigenvalue weighted by atomic mass is 31.1. The van der Waals surface area contributed by atoms with Gasteiger partial charge in [-0.1, -0.05) is 42.5 Å². The minimum absolute atomic E-state index is 0.00376. The van der Waals surface area contributed by atoms with Crippen molar-refractivity contribution in [1.82, 2.24) is 24.8 Å². The molecule has 0 saturated carbocycles.